The molecule has 6 nitrogen and oxygen atoms in total. The first-order chi connectivity index (χ1) is 12.6. The van der Waals surface area contributed by atoms with Crippen LogP contribution in [0.15, 0.2) is 29.2 Å². The van der Waals surface area contributed by atoms with E-state index in [4.69, 9.17) is 0 Å². The Labute approximate surface area is 156 Å². The molecule has 4 aliphatic heterocycles. The van der Waals surface area contributed by atoms with Crippen LogP contribution in [-0.4, -0.2) is 46.6 Å². The zero-order valence-corrected chi connectivity index (χ0v) is 15.3. The van der Waals surface area contributed by atoms with Crippen molar-refractivity contribution in [3.63, 3.8) is 0 Å². The van der Waals surface area contributed by atoms with E-state index in [2.05, 4.69) is 5.32 Å². The Bertz CT molecular complexity index is 813. The molecule has 3 amide bonds. The van der Waals surface area contributed by atoms with Gasteiger partial charge in [-0.3, -0.25) is 19.3 Å². The Morgan fingerprint density at radius 3 is 2.92 bits per heavy atom. The van der Waals surface area contributed by atoms with Crippen LogP contribution < -0.4 is 10.2 Å². The number of piperidine rings is 2. The molecule has 1 aromatic rings. The number of thioether (sulfide) groups is 1. The Morgan fingerprint density at radius 1 is 1.19 bits per heavy atom. The summed E-state index contributed by atoms with van der Waals surface area (Å²) in [6.07, 6.45) is 3.15. The van der Waals surface area contributed by atoms with Gasteiger partial charge in [0.15, 0.2) is 4.87 Å². The highest BCUT2D eigenvalue weighted by Crippen LogP contribution is 2.56. The summed E-state index contributed by atoms with van der Waals surface area (Å²) in [6.45, 7) is 1.31. The van der Waals surface area contributed by atoms with E-state index in [1.807, 2.05) is 29.2 Å². The SMILES string of the molecule is O=C1CCC2CN(C(=O)C34CCC(=O)N3c3ccccc3S4)CCC2N1. The average molecular weight is 371 g/mol. The summed E-state index contributed by atoms with van der Waals surface area (Å²) in [5.41, 5.74) is 0.869. The van der Waals surface area contributed by atoms with Crippen molar-refractivity contribution in [3.8, 4) is 0 Å². The Kier molecular flexibility index (Phi) is 3.57. The van der Waals surface area contributed by atoms with Crippen molar-refractivity contribution < 1.29 is 14.4 Å². The molecule has 0 saturated carbocycles. The molecule has 3 unspecified atom stereocenters. The number of likely N-dealkylation sites (tertiary alicyclic amines) is 1. The standard InChI is InChI=1S/C19H21N3O3S/c23-16-6-5-12-11-21(10-8-13(12)20-16)18(25)19-9-7-17(24)22(19)14-3-1-2-4-15(14)26-19/h1-4,12-13H,5-11H2,(H,20,23). The van der Waals surface area contributed by atoms with Crippen LogP contribution in [0.4, 0.5) is 5.69 Å². The number of carbonyl (C=O) groups excluding carboxylic acids is 3. The number of hydrogen-bond acceptors (Lipinski definition) is 4. The smallest absolute Gasteiger partial charge is 0.259 e. The molecule has 26 heavy (non-hydrogen) atoms. The Hall–Kier alpha value is -2.02. The van der Waals surface area contributed by atoms with Gasteiger partial charge in [-0.05, 0) is 37.3 Å². The summed E-state index contributed by atoms with van der Waals surface area (Å²) in [4.78, 5) is 41.6. The van der Waals surface area contributed by atoms with Gasteiger partial charge < -0.3 is 10.2 Å². The molecule has 0 radical (unpaired) electrons. The van der Waals surface area contributed by atoms with Crippen LogP contribution >= 0.6 is 11.8 Å². The lowest BCUT2D eigenvalue weighted by Gasteiger charge is -2.44. The summed E-state index contributed by atoms with van der Waals surface area (Å²) in [7, 11) is 0. The van der Waals surface area contributed by atoms with Gasteiger partial charge in [-0.1, -0.05) is 23.9 Å². The highest BCUT2D eigenvalue weighted by molar-refractivity contribution is 8.02. The lowest BCUT2D eigenvalue weighted by molar-refractivity contribution is -0.137. The van der Waals surface area contributed by atoms with Crippen molar-refractivity contribution in [3.05, 3.63) is 24.3 Å². The molecule has 0 bridgehead atoms. The summed E-state index contributed by atoms with van der Waals surface area (Å²) in [5, 5.41) is 3.07. The number of nitrogens with zero attached hydrogens (tertiary/aromatic N) is 2. The highest BCUT2D eigenvalue weighted by Gasteiger charge is 2.59. The number of para-hydroxylation sites is 1. The van der Waals surface area contributed by atoms with Gasteiger partial charge >= 0.3 is 0 Å². The van der Waals surface area contributed by atoms with Crippen LogP contribution in [0.3, 0.4) is 0 Å². The molecule has 4 heterocycles. The van der Waals surface area contributed by atoms with Gasteiger partial charge in [0.2, 0.25) is 11.8 Å². The molecular weight excluding hydrogens is 350 g/mol. The van der Waals surface area contributed by atoms with Crippen molar-refractivity contribution in [2.24, 2.45) is 5.92 Å². The normalized spacial score (nSPS) is 32.8. The van der Waals surface area contributed by atoms with Crippen molar-refractivity contribution in [2.45, 2.75) is 47.9 Å². The fourth-order valence-electron chi connectivity index (χ4n) is 4.83. The van der Waals surface area contributed by atoms with E-state index in [-0.39, 0.29) is 23.8 Å². The van der Waals surface area contributed by atoms with E-state index in [0.29, 0.717) is 38.3 Å². The molecule has 7 heteroatoms. The minimum absolute atomic E-state index is 0.0376. The van der Waals surface area contributed by atoms with E-state index >= 15 is 0 Å². The lowest BCUT2D eigenvalue weighted by atomic mass is 9.85. The second-order valence-corrected chi connectivity index (χ2v) is 8.92. The third kappa shape index (κ3) is 2.22. The molecule has 1 aromatic carbocycles. The van der Waals surface area contributed by atoms with Crippen LogP contribution in [0.5, 0.6) is 0 Å². The largest absolute Gasteiger partial charge is 0.353 e. The Balaban J connectivity index is 1.42. The molecule has 0 spiro atoms. The van der Waals surface area contributed by atoms with E-state index in [1.54, 1.807) is 4.90 Å². The van der Waals surface area contributed by atoms with Crippen LogP contribution in [0, 0.1) is 5.92 Å². The maximum absolute atomic E-state index is 13.6. The van der Waals surface area contributed by atoms with Gasteiger partial charge in [-0.2, -0.15) is 0 Å². The first kappa shape index (κ1) is 16.2. The van der Waals surface area contributed by atoms with Crippen LogP contribution in [0.1, 0.15) is 32.1 Å². The monoisotopic (exact) mass is 371 g/mol. The van der Waals surface area contributed by atoms with Crippen molar-refractivity contribution in [1.82, 2.24) is 10.2 Å². The van der Waals surface area contributed by atoms with Gasteiger partial charge in [-0.25, -0.2) is 0 Å². The van der Waals surface area contributed by atoms with Crippen molar-refractivity contribution in [2.75, 3.05) is 18.0 Å². The fourth-order valence-corrected chi connectivity index (χ4v) is 6.31. The van der Waals surface area contributed by atoms with Crippen LogP contribution in [-0.2, 0) is 14.4 Å². The summed E-state index contributed by atoms with van der Waals surface area (Å²) < 4.78 is 0. The third-order valence-corrected chi connectivity index (χ3v) is 7.58. The molecular formula is C19H21N3O3S. The molecule has 3 atom stereocenters. The number of benzene rings is 1. The maximum atomic E-state index is 13.6. The zero-order chi connectivity index (χ0) is 17.9. The lowest BCUT2D eigenvalue weighted by Crippen LogP contribution is -2.60. The number of nitrogens with one attached hydrogen (secondary N) is 1. The van der Waals surface area contributed by atoms with Gasteiger partial charge in [-0.15, -0.1) is 0 Å². The van der Waals surface area contributed by atoms with Crippen LogP contribution in [0.2, 0.25) is 0 Å². The first-order valence-corrected chi connectivity index (χ1v) is 10.1. The van der Waals surface area contributed by atoms with E-state index < -0.39 is 4.87 Å². The molecule has 3 saturated heterocycles. The third-order valence-electron chi connectivity index (χ3n) is 6.12. The van der Waals surface area contributed by atoms with E-state index in [1.165, 1.54) is 11.8 Å². The average Bonchev–Trinajstić information content (AvgIpc) is 3.16. The zero-order valence-electron chi connectivity index (χ0n) is 14.4. The number of amides is 3. The minimum Gasteiger partial charge on any atom is -0.353 e. The topological polar surface area (TPSA) is 69.7 Å². The predicted octanol–water partition coefficient (Wildman–Crippen LogP) is 1.74. The second kappa shape index (κ2) is 5.74. The second-order valence-electron chi connectivity index (χ2n) is 7.60. The molecule has 1 N–H and O–H groups in total. The first-order valence-electron chi connectivity index (χ1n) is 9.28. The van der Waals surface area contributed by atoms with Gasteiger partial charge in [0.05, 0.1) is 5.69 Å². The number of hydrogen-bond donors (Lipinski definition) is 1. The van der Waals surface area contributed by atoms with Gasteiger partial charge in [0.25, 0.3) is 5.91 Å². The molecule has 3 fully saturated rings. The Morgan fingerprint density at radius 2 is 2.04 bits per heavy atom. The number of anilines is 1. The number of carbonyl (C=O) groups is 3. The minimum atomic E-state index is -0.814. The van der Waals surface area contributed by atoms with Crippen molar-refractivity contribution in [1.29, 1.82) is 0 Å². The van der Waals surface area contributed by atoms with Crippen molar-refractivity contribution >= 4 is 35.2 Å². The summed E-state index contributed by atoms with van der Waals surface area (Å²) in [6, 6.07) is 7.98. The molecule has 5 rings (SSSR count). The molecule has 0 aromatic heterocycles. The van der Waals surface area contributed by atoms with E-state index in [0.717, 1.165) is 23.4 Å². The predicted molar refractivity (Wildman–Crippen MR) is 97.6 cm³/mol. The summed E-state index contributed by atoms with van der Waals surface area (Å²) in [5.74, 6) is 0.538. The fraction of sp³-hybridized carbons (Fsp3) is 0.526. The maximum Gasteiger partial charge on any atom is 0.259 e. The van der Waals surface area contributed by atoms with E-state index in [9.17, 15) is 14.4 Å². The molecule has 4 aliphatic rings. The highest BCUT2D eigenvalue weighted by atomic mass is 32.2. The number of fused-ring (bicyclic) bond motifs is 4. The van der Waals surface area contributed by atoms with Gasteiger partial charge in [0, 0.05) is 36.9 Å². The molecule has 0 aliphatic carbocycles. The quantitative estimate of drug-likeness (QED) is 0.816. The number of rotatable bonds is 1. The summed E-state index contributed by atoms with van der Waals surface area (Å²) >= 11 is 1.53. The molecule has 136 valence electrons. The van der Waals surface area contributed by atoms with Crippen LogP contribution in [0.25, 0.3) is 0 Å². The van der Waals surface area contributed by atoms with Gasteiger partial charge in [0.1, 0.15) is 0 Å².